The lowest BCUT2D eigenvalue weighted by molar-refractivity contribution is -0.0500. The Morgan fingerprint density at radius 3 is 2.52 bits per heavy atom. The van der Waals surface area contributed by atoms with E-state index in [1.807, 2.05) is 0 Å². The minimum absolute atomic E-state index is 0.0298. The van der Waals surface area contributed by atoms with Gasteiger partial charge in [-0.2, -0.15) is 8.78 Å². The van der Waals surface area contributed by atoms with Crippen molar-refractivity contribution in [3.8, 4) is 5.75 Å². The zero-order valence-corrected chi connectivity index (χ0v) is 11.5. The van der Waals surface area contributed by atoms with Crippen molar-refractivity contribution in [3.05, 3.63) is 58.9 Å². The monoisotopic (exact) mass is 312 g/mol. The summed E-state index contributed by atoms with van der Waals surface area (Å²) in [7, 11) is 0. The number of hydrogen-bond donors (Lipinski definition) is 1. The van der Waals surface area contributed by atoms with Crippen LogP contribution >= 0.6 is 11.6 Å². The standard InChI is InChI=1S/C14H11ClF2N2O2/c15-10-3-1-9(2-4-10)13(20)19-7-11-5-6-12(8-18-11)21-14(16)17/h1-6,8,14H,7H2,(H,19,20). The second-order valence-corrected chi connectivity index (χ2v) is 4.49. The molecule has 2 rings (SSSR count). The number of hydrogen-bond acceptors (Lipinski definition) is 3. The summed E-state index contributed by atoms with van der Waals surface area (Å²) in [6.45, 7) is -2.71. The number of nitrogens with one attached hydrogen (secondary N) is 1. The summed E-state index contributed by atoms with van der Waals surface area (Å²) in [6, 6.07) is 9.30. The van der Waals surface area contributed by atoms with Crippen molar-refractivity contribution in [1.29, 1.82) is 0 Å². The maximum Gasteiger partial charge on any atom is 0.387 e. The van der Waals surface area contributed by atoms with Gasteiger partial charge in [-0.15, -0.1) is 0 Å². The van der Waals surface area contributed by atoms with Gasteiger partial charge in [0.05, 0.1) is 18.4 Å². The molecule has 0 radical (unpaired) electrons. The van der Waals surface area contributed by atoms with Crippen LogP contribution in [0.1, 0.15) is 16.1 Å². The number of alkyl halides is 2. The predicted octanol–water partition coefficient (Wildman–Crippen LogP) is 3.27. The second kappa shape index (κ2) is 6.99. The van der Waals surface area contributed by atoms with Crippen LogP contribution in [0.25, 0.3) is 0 Å². The van der Waals surface area contributed by atoms with E-state index in [-0.39, 0.29) is 18.2 Å². The molecular formula is C14H11ClF2N2O2. The van der Waals surface area contributed by atoms with Gasteiger partial charge in [-0.1, -0.05) is 11.6 Å². The van der Waals surface area contributed by atoms with Crippen LogP contribution in [0.5, 0.6) is 5.75 Å². The van der Waals surface area contributed by atoms with E-state index in [4.69, 9.17) is 11.6 Å². The number of aromatic nitrogens is 1. The number of carbonyl (C=O) groups is 1. The Morgan fingerprint density at radius 2 is 1.95 bits per heavy atom. The van der Waals surface area contributed by atoms with Crippen LogP contribution in [0.15, 0.2) is 42.6 Å². The molecule has 4 nitrogen and oxygen atoms in total. The van der Waals surface area contributed by atoms with E-state index in [9.17, 15) is 13.6 Å². The molecule has 0 saturated heterocycles. The summed E-state index contributed by atoms with van der Waals surface area (Å²) in [5.74, 6) is -0.306. The first-order valence-electron chi connectivity index (χ1n) is 5.98. The normalized spacial score (nSPS) is 10.5. The number of nitrogens with zero attached hydrogens (tertiary/aromatic N) is 1. The molecule has 0 aliphatic rings. The highest BCUT2D eigenvalue weighted by Crippen LogP contribution is 2.13. The predicted molar refractivity (Wildman–Crippen MR) is 73.5 cm³/mol. The van der Waals surface area contributed by atoms with E-state index in [0.717, 1.165) is 0 Å². The van der Waals surface area contributed by atoms with Crippen molar-refractivity contribution in [3.63, 3.8) is 0 Å². The van der Waals surface area contributed by atoms with E-state index < -0.39 is 6.61 Å². The van der Waals surface area contributed by atoms with Gasteiger partial charge in [-0.25, -0.2) is 0 Å². The fourth-order valence-electron chi connectivity index (χ4n) is 1.56. The molecule has 2 aromatic rings. The summed E-state index contributed by atoms with van der Waals surface area (Å²) >= 11 is 5.73. The van der Waals surface area contributed by atoms with E-state index in [2.05, 4.69) is 15.0 Å². The molecule has 110 valence electrons. The number of pyridine rings is 1. The average Bonchev–Trinajstić information content (AvgIpc) is 2.46. The Morgan fingerprint density at radius 1 is 1.24 bits per heavy atom. The summed E-state index contributed by atoms with van der Waals surface area (Å²) in [5.41, 5.74) is 0.996. The first kappa shape index (κ1) is 15.2. The zero-order valence-electron chi connectivity index (χ0n) is 10.7. The minimum atomic E-state index is -2.89. The molecule has 1 N–H and O–H groups in total. The molecule has 7 heteroatoms. The van der Waals surface area contributed by atoms with Crippen LogP contribution in [0.3, 0.4) is 0 Å². The molecule has 0 atom stereocenters. The Bertz CT molecular complexity index is 603. The third-order valence-electron chi connectivity index (χ3n) is 2.56. The molecule has 0 unspecified atom stereocenters. The summed E-state index contributed by atoms with van der Waals surface area (Å²) in [6.07, 6.45) is 1.18. The van der Waals surface area contributed by atoms with E-state index in [1.54, 1.807) is 24.3 Å². The van der Waals surface area contributed by atoms with Crippen LogP contribution in [0, 0.1) is 0 Å². The molecule has 1 aromatic heterocycles. The number of ether oxygens (including phenoxy) is 1. The number of benzene rings is 1. The van der Waals surface area contributed by atoms with Crippen molar-refractivity contribution in [2.75, 3.05) is 0 Å². The fraction of sp³-hybridized carbons (Fsp3) is 0.143. The van der Waals surface area contributed by atoms with Gasteiger partial charge in [0.15, 0.2) is 0 Å². The second-order valence-electron chi connectivity index (χ2n) is 4.05. The third-order valence-corrected chi connectivity index (χ3v) is 2.81. The lowest BCUT2D eigenvalue weighted by Crippen LogP contribution is -2.23. The molecule has 0 bridgehead atoms. The first-order chi connectivity index (χ1) is 10.0. The van der Waals surface area contributed by atoms with Gasteiger partial charge in [0, 0.05) is 10.6 Å². The van der Waals surface area contributed by atoms with Gasteiger partial charge in [0.2, 0.25) is 0 Å². The molecule has 0 aliphatic heterocycles. The van der Waals surface area contributed by atoms with E-state index >= 15 is 0 Å². The molecule has 1 amide bonds. The number of halogens is 3. The quantitative estimate of drug-likeness (QED) is 0.922. The lowest BCUT2D eigenvalue weighted by atomic mass is 10.2. The summed E-state index contributed by atoms with van der Waals surface area (Å²) < 4.78 is 28.1. The maximum absolute atomic E-state index is 12.0. The molecule has 0 fully saturated rings. The third kappa shape index (κ3) is 4.68. The van der Waals surface area contributed by atoms with Crippen LogP contribution in [0.4, 0.5) is 8.78 Å². The van der Waals surface area contributed by atoms with Crippen molar-refractivity contribution in [2.24, 2.45) is 0 Å². The number of rotatable bonds is 5. The van der Waals surface area contributed by atoms with Gasteiger partial charge >= 0.3 is 6.61 Å². The first-order valence-corrected chi connectivity index (χ1v) is 6.36. The highest BCUT2D eigenvalue weighted by Gasteiger charge is 2.07. The van der Waals surface area contributed by atoms with Crippen LogP contribution in [0.2, 0.25) is 5.02 Å². The summed E-state index contributed by atoms with van der Waals surface area (Å²) in [5, 5.41) is 3.21. The van der Waals surface area contributed by atoms with Gasteiger partial charge in [-0.05, 0) is 36.4 Å². The smallest absolute Gasteiger partial charge is 0.387 e. The Kier molecular flexibility index (Phi) is 5.05. The largest absolute Gasteiger partial charge is 0.433 e. The van der Waals surface area contributed by atoms with Gasteiger partial charge in [0.1, 0.15) is 5.75 Å². The average molecular weight is 313 g/mol. The highest BCUT2D eigenvalue weighted by atomic mass is 35.5. The van der Waals surface area contributed by atoms with Crippen molar-refractivity contribution in [2.45, 2.75) is 13.2 Å². The molecule has 1 heterocycles. The molecule has 0 saturated carbocycles. The van der Waals surface area contributed by atoms with Crippen molar-refractivity contribution in [1.82, 2.24) is 10.3 Å². The van der Waals surface area contributed by atoms with E-state index in [1.165, 1.54) is 18.3 Å². The number of carbonyl (C=O) groups excluding carboxylic acids is 1. The van der Waals surface area contributed by atoms with Crippen LogP contribution < -0.4 is 10.1 Å². The number of amides is 1. The van der Waals surface area contributed by atoms with Crippen molar-refractivity contribution < 1.29 is 18.3 Å². The van der Waals surface area contributed by atoms with Gasteiger partial charge in [-0.3, -0.25) is 9.78 Å². The molecule has 0 aliphatic carbocycles. The van der Waals surface area contributed by atoms with Crippen molar-refractivity contribution >= 4 is 17.5 Å². The fourth-order valence-corrected chi connectivity index (χ4v) is 1.69. The SMILES string of the molecule is O=C(NCc1ccc(OC(F)F)cn1)c1ccc(Cl)cc1. The highest BCUT2D eigenvalue weighted by molar-refractivity contribution is 6.30. The van der Waals surface area contributed by atoms with E-state index in [0.29, 0.717) is 16.3 Å². The molecule has 21 heavy (non-hydrogen) atoms. The lowest BCUT2D eigenvalue weighted by Gasteiger charge is -2.07. The Hall–Kier alpha value is -2.21. The van der Waals surface area contributed by atoms with Gasteiger partial charge in [0.25, 0.3) is 5.91 Å². The molecule has 0 spiro atoms. The zero-order chi connectivity index (χ0) is 15.2. The summed E-state index contributed by atoms with van der Waals surface area (Å²) in [4.78, 5) is 15.8. The van der Waals surface area contributed by atoms with Crippen LogP contribution in [-0.2, 0) is 6.54 Å². The minimum Gasteiger partial charge on any atom is -0.433 e. The Balaban J connectivity index is 1.90. The topological polar surface area (TPSA) is 51.2 Å². The van der Waals surface area contributed by atoms with Gasteiger partial charge < -0.3 is 10.1 Å². The molecule has 1 aromatic carbocycles. The molecular weight excluding hydrogens is 302 g/mol. The van der Waals surface area contributed by atoms with Crippen LogP contribution in [-0.4, -0.2) is 17.5 Å². The maximum atomic E-state index is 12.0. The Labute approximate surface area is 124 Å².